The number of alkyl halides is 3. The molecule has 7 heteroatoms. The molecule has 0 saturated heterocycles. The largest absolute Gasteiger partial charge is 0.434 e. The first-order chi connectivity index (χ1) is 7.20. The molecule has 0 atom stereocenters. The van der Waals surface area contributed by atoms with E-state index in [1.807, 2.05) is 0 Å². The van der Waals surface area contributed by atoms with Gasteiger partial charge >= 0.3 is 12.3 Å². The average molecular weight is 240 g/mol. The van der Waals surface area contributed by atoms with Crippen LogP contribution in [-0.2, 0) is 4.74 Å². The van der Waals surface area contributed by atoms with Crippen molar-refractivity contribution in [3.8, 4) is 0 Å². The molecule has 0 rings (SSSR count). The first kappa shape index (κ1) is 14.8. The molecule has 94 valence electrons. The maximum absolute atomic E-state index is 12.3. The molecule has 0 radical (unpaired) electrons. The lowest BCUT2D eigenvalue weighted by molar-refractivity contribution is -0.243. The van der Waals surface area contributed by atoms with Crippen LogP contribution in [-0.4, -0.2) is 31.0 Å². The van der Waals surface area contributed by atoms with Crippen LogP contribution in [0.1, 0.15) is 13.8 Å². The normalized spacial score (nSPS) is 12.9. The van der Waals surface area contributed by atoms with Crippen molar-refractivity contribution in [3.63, 3.8) is 0 Å². The SMILES string of the molecule is CC(C)(OC(=O)NC/C=C/CN)C(F)(F)F. The van der Waals surface area contributed by atoms with E-state index in [0.29, 0.717) is 6.54 Å². The third-order valence-corrected chi connectivity index (χ3v) is 1.70. The van der Waals surface area contributed by atoms with Gasteiger partial charge in [-0.3, -0.25) is 0 Å². The Labute approximate surface area is 91.6 Å². The monoisotopic (exact) mass is 240 g/mol. The Hall–Kier alpha value is -1.24. The van der Waals surface area contributed by atoms with Gasteiger partial charge in [0, 0.05) is 13.1 Å². The van der Waals surface area contributed by atoms with Crippen LogP contribution >= 0.6 is 0 Å². The van der Waals surface area contributed by atoms with Crippen molar-refractivity contribution < 1.29 is 22.7 Å². The lowest BCUT2D eigenvalue weighted by Gasteiger charge is -2.27. The van der Waals surface area contributed by atoms with Crippen LogP contribution < -0.4 is 11.1 Å². The Morgan fingerprint density at radius 2 is 1.94 bits per heavy atom. The molecular formula is C9H15F3N2O2. The first-order valence-corrected chi connectivity index (χ1v) is 4.59. The third-order valence-electron chi connectivity index (χ3n) is 1.70. The highest BCUT2D eigenvalue weighted by molar-refractivity contribution is 5.67. The number of ether oxygens (including phenoxy) is 1. The molecule has 0 aromatic rings. The standard InChI is InChI=1S/C9H15F3N2O2/c1-8(2,9(10,11)12)16-7(15)14-6-4-3-5-13/h3-4H,5-6,13H2,1-2H3,(H,14,15)/b4-3+. The first-order valence-electron chi connectivity index (χ1n) is 4.59. The van der Waals surface area contributed by atoms with Crippen molar-refractivity contribution in [2.45, 2.75) is 25.6 Å². The topological polar surface area (TPSA) is 64.3 Å². The number of alkyl carbamates (subject to hydrolysis) is 1. The van der Waals surface area contributed by atoms with E-state index in [1.165, 1.54) is 6.08 Å². The van der Waals surface area contributed by atoms with E-state index >= 15 is 0 Å². The molecule has 0 bridgehead atoms. The van der Waals surface area contributed by atoms with Gasteiger partial charge in [-0.2, -0.15) is 13.2 Å². The molecule has 0 saturated carbocycles. The van der Waals surface area contributed by atoms with Crippen molar-refractivity contribution >= 4 is 6.09 Å². The molecule has 1 amide bonds. The number of hydrogen-bond acceptors (Lipinski definition) is 3. The fraction of sp³-hybridized carbons (Fsp3) is 0.667. The second-order valence-corrected chi connectivity index (χ2v) is 3.49. The summed E-state index contributed by atoms with van der Waals surface area (Å²) < 4.78 is 41.1. The maximum Gasteiger partial charge on any atom is 0.427 e. The Kier molecular flexibility index (Phi) is 5.29. The van der Waals surface area contributed by atoms with Gasteiger partial charge < -0.3 is 15.8 Å². The van der Waals surface area contributed by atoms with Crippen LogP contribution in [0.5, 0.6) is 0 Å². The fourth-order valence-electron chi connectivity index (χ4n) is 0.648. The highest BCUT2D eigenvalue weighted by Crippen LogP contribution is 2.32. The third kappa shape index (κ3) is 5.01. The van der Waals surface area contributed by atoms with E-state index in [2.05, 4.69) is 10.1 Å². The molecular weight excluding hydrogens is 225 g/mol. The predicted molar refractivity (Wildman–Crippen MR) is 52.8 cm³/mol. The van der Waals surface area contributed by atoms with E-state index in [1.54, 1.807) is 6.08 Å². The number of amides is 1. The Morgan fingerprint density at radius 3 is 2.38 bits per heavy atom. The van der Waals surface area contributed by atoms with Gasteiger partial charge in [-0.15, -0.1) is 0 Å². The van der Waals surface area contributed by atoms with Gasteiger partial charge in [0.25, 0.3) is 0 Å². The summed E-state index contributed by atoms with van der Waals surface area (Å²) in [5.41, 5.74) is 2.62. The minimum Gasteiger partial charge on any atom is -0.434 e. The average Bonchev–Trinajstić information content (AvgIpc) is 2.10. The molecule has 0 aliphatic carbocycles. The van der Waals surface area contributed by atoms with E-state index in [9.17, 15) is 18.0 Å². The summed E-state index contributed by atoms with van der Waals surface area (Å²) in [6.45, 7) is 1.93. The summed E-state index contributed by atoms with van der Waals surface area (Å²) in [5.74, 6) is 0. The van der Waals surface area contributed by atoms with Crippen molar-refractivity contribution in [1.82, 2.24) is 5.32 Å². The Morgan fingerprint density at radius 1 is 1.38 bits per heavy atom. The summed E-state index contributed by atoms with van der Waals surface area (Å²) in [6.07, 6.45) is -2.64. The lowest BCUT2D eigenvalue weighted by Crippen LogP contribution is -2.45. The smallest absolute Gasteiger partial charge is 0.427 e. The van der Waals surface area contributed by atoms with Gasteiger partial charge in [0.2, 0.25) is 5.60 Å². The number of nitrogens with one attached hydrogen (secondary N) is 1. The number of carbonyl (C=O) groups excluding carboxylic acids is 1. The van der Waals surface area contributed by atoms with E-state index in [4.69, 9.17) is 5.73 Å². The minimum atomic E-state index is -4.60. The Balaban J connectivity index is 4.10. The van der Waals surface area contributed by atoms with Gasteiger partial charge in [-0.1, -0.05) is 12.2 Å². The van der Waals surface area contributed by atoms with Crippen LogP contribution in [0.2, 0.25) is 0 Å². The molecule has 0 spiro atoms. The zero-order valence-electron chi connectivity index (χ0n) is 9.10. The zero-order chi connectivity index (χ0) is 12.8. The van der Waals surface area contributed by atoms with Crippen LogP contribution in [0.15, 0.2) is 12.2 Å². The summed E-state index contributed by atoms with van der Waals surface area (Å²) in [7, 11) is 0. The molecule has 3 N–H and O–H groups in total. The Bertz CT molecular complexity index is 262. The lowest BCUT2D eigenvalue weighted by atomic mass is 10.1. The summed E-state index contributed by atoms with van der Waals surface area (Å²) >= 11 is 0. The summed E-state index contributed by atoms with van der Waals surface area (Å²) in [6, 6.07) is 0. The van der Waals surface area contributed by atoms with Crippen LogP contribution in [0.3, 0.4) is 0 Å². The molecule has 16 heavy (non-hydrogen) atoms. The zero-order valence-corrected chi connectivity index (χ0v) is 9.10. The van der Waals surface area contributed by atoms with E-state index in [-0.39, 0.29) is 6.54 Å². The van der Waals surface area contributed by atoms with Gasteiger partial charge in [0.1, 0.15) is 0 Å². The van der Waals surface area contributed by atoms with Crippen molar-refractivity contribution in [1.29, 1.82) is 0 Å². The molecule has 0 fully saturated rings. The van der Waals surface area contributed by atoms with Crippen LogP contribution in [0.4, 0.5) is 18.0 Å². The molecule has 0 aliphatic heterocycles. The van der Waals surface area contributed by atoms with Gasteiger partial charge in [-0.05, 0) is 13.8 Å². The fourth-order valence-corrected chi connectivity index (χ4v) is 0.648. The number of hydrogen-bond donors (Lipinski definition) is 2. The van der Waals surface area contributed by atoms with Gasteiger partial charge in [-0.25, -0.2) is 4.79 Å². The second-order valence-electron chi connectivity index (χ2n) is 3.49. The molecule has 0 heterocycles. The van der Waals surface area contributed by atoms with Crippen LogP contribution in [0, 0.1) is 0 Å². The number of carbonyl (C=O) groups is 1. The molecule has 0 aliphatic rings. The number of rotatable bonds is 4. The van der Waals surface area contributed by atoms with Crippen molar-refractivity contribution in [2.75, 3.05) is 13.1 Å². The molecule has 0 aromatic carbocycles. The highest BCUT2D eigenvalue weighted by atomic mass is 19.4. The van der Waals surface area contributed by atoms with Crippen molar-refractivity contribution in [3.05, 3.63) is 12.2 Å². The van der Waals surface area contributed by atoms with Crippen molar-refractivity contribution in [2.24, 2.45) is 5.73 Å². The van der Waals surface area contributed by atoms with E-state index < -0.39 is 17.9 Å². The maximum atomic E-state index is 12.3. The van der Waals surface area contributed by atoms with Gasteiger partial charge in [0.15, 0.2) is 0 Å². The summed E-state index contributed by atoms with van der Waals surface area (Å²) in [4.78, 5) is 11.0. The van der Waals surface area contributed by atoms with Crippen LogP contribution in [0.25, 0.3) is 0 Å². The quantitative estimate of drug-likeness (QED) is 0.733. The molecule has 4 nitrogen and oxygen atoms in total. The minimum absolute atomic E-state index is 0.0734. The van der Waals surface area contributed by atoms with E-state index in [0.717, 1.165) is 13.8 Å². The molecule has 0 aromatic heterocycles. The predicted octanol–water partition coefficient (Wildman–Crippen LogP) is 1.57. The number of halogens is 3. The summed E-state index contributed by atoms with van der Waals surface area (Å²) in [5, 5.41) is 2.14. The van der Waals surface area contributed by atoms with Gasteiger partial charge in [0.05, 0.1) is 0 Å². The number of nitrogens with two attached hydrogens (primary N) is 1. The highest BCUT2D eigenvalue weighted by Gasteiger charge is 2.50. The second kappa shape index (κ2) is 5.74. The molecule has 0 unspecified atom stereocenters.